The van der Waals surface area contributed by atoms with Crippen LogP contribution in [0.1, 0.15) is 24.8 Å². The van der Waals surface area contributed by atoms with Gasteiger partial charge in [0.15, 0.2) is 0 Å². The highest BCUT2D eigenvalue weighted by Gasteiger charge is 2.17. The van der Waals surface area contributed by atoms with Crippen LogP contribution in [0.15, 0.2) is 36.4 Å². The van der Waals surface area contributed by atoms with Crippen LogP contribution in [0, 0.1) is 5.92 Å². The zero-order valence-corrected chi connectivity index (χ0v) is 12.3. The molecule has 2 rings (SSSR count). The number of halogens is 1. The molecule has 1 atom stereocenters. The lowest BCUT2D eigenvalue weighted by atomic mass is 9.95. The van der Waals surface area contributed by atoms with Crippen molar-refractivity contribution in [2.24, 2.45) is 11.7 Å². The monoisotopic (exact) mass is 280 g/mol. The summed E-state index contributed by atoms with van der Waals surface area (Å²) in [6.45, 7) is 4.35. The molecule has 1 fully saturated rings. The average molecular weight is 281 g/mol. The molecule has 0 bridgehead atoms. The Hall–Kier alpha value is -0.830. The molecule has 2 nitrogen and oxygen atoms in total. The molecular formula is C16H25ClN2. The molecule has 2 N–H and O–H groups in total. The van der Waals surface area contributed by atoms with Crippen LogP contribution in [-0.2, 0) is 0 Å². The number of nitrogens with two attached hydrogens (primary N) is 1. The maximum absolute atomic E-state index is 5.65. The van der Waals surface area contributed by atoms with Gasteiger partial charge in [-0.25, -0.2) is 0 Å². The number of hydrogen-bond acceptors (Lipinski definition) is 2. The first-order valence-corrected chi connectivity index (χ1v) is 7.02. The van der Waals surface area contributed by atoms with Gasteiger partial charge in [-0.2, -0.15) is 0 Å². The minimum atomic E-state index is 0. The average Bonchev–Trinajstić information content (AvgIpc) is 2.41. The molecule has 1 unspecified atom stereocenters. The van der Waals surface area contributed by atoms with E-state index >= 15 is 0 Å². The van der Waals surface area contributed by atoms with Crippen molar-refractivity contribution in [2.45, 2.75) is 19.3 Å². The van der Waals surface area contributed by atoms with E-state index in [1.54, 1.807) is 0 Å². The van der Waals surface area contributed by atoms with Crippen molar-refractivity contribution >= 4 is 18.5 Å². The Morgan fingerprint density at radius 1 is 1.26 bits per heavy atom. The van der Waals surface area contributed by atoms with Crippen LogP contribution in [-0.4, -0.2) is 31.1 Å². The zero-order valence-electron chi connectivity index (χ0n) is 11.5. The van der Waals surface area contributed by atoms with Crippen LogP contribution >= 0.6 is 12.4 Å². The normalized spacial score (nSPS) is 20.4. The minimum Gasteiger partial charge on any atom is -0.330 e. The highest BCUT2D eigenvalue weighted by atomic mass is 35.5. The van der Waals surface area contributed by atoms with Crippen LogP contribution in [0.2, 0.25) is 0 Å². The molecule has 3 heteroatoms. The van der Waals surface area contributed by atoms with Crippen LogP contribution in [0.25, 0.3) is 6.08 Å². The Morgan fingerprint density at radius 3 is 2.79 bits per heavy atom. The SMILES string of the molecule is Cl.NCCC1CCCN(C/C=C/c2ccccc2)C1. The van der Waals surface area contributed by atoms with E-state index < -0.39 is 0 Å². The first-order chi connectivity index (χ1) is 8.88. The first kappa shape index (κ1) is 16.2. The van der Waals surface area contributed by atoms with Crippen molar-refractivity contribution < 1.29 is 0 Å². The Labute approximate surface area is 123 Å². The molecule has 0 radical (unpaired) electrons. The van der Waals surface area contributed by atoms with Gasteiger partial charge in [0.05, 0.1) is 0 Å². The maximum Gasteiger partial charge on any atom is 0.0166 e. The summed E-state index contributed by atoms with van der Waals surface area (Å²) in [7, 11) is 0. The summed E-state index contributed by atoms with van der Waals surface area (Å²) >= 11 is 0. The molecule has 19 heavy (non-hydrogen) atoms. The topological polar surface area (TPSA) is 29.3 Å². The van der Waals surface area contributed by atoms with Gasteiger partial charge < -0.3 is 5.73 Å². The largest absolute Gasteiger partial charge is 0.330 e. The van der Waals surface area contributed by atoms with Crippen molar-refractivity contribution in [1.82, 2.24) is 4.90 Å². The van der Waals surface area contributed by atoms with Gasteiger partial charge in [0.25, 0.3) is 0 Å². The van der Waals surface area contributed by atoms with Gasteiger partial charge in [0.2, 0.25) is 0 Å². The molecule has 1 aromatic rings. The van der Waals surface area contributed by atoms with Crippen molar-refractivity contribution in [3.05, 3.63) is 42.0 Å². The highest BCUT2D eigenvalue weighted by molar-refractivity contribution is 5.85. The Morgan fingerprint density at radius 2 is 2.05 bits per heavy atom. The molecule has 1 aliphatic rings. The predicted octanol–water partition coefficient (Wildman–Crippen LogP) is 3.18. The van der Waals surface area contributed by atoms with Gasteiger partial charge in [0, 0.05) is 13.1 Å². The molecule has 1 saturated heterocycles. The van der Waals surface area contributed by atoms with E-state index in [0.29, 0.717) is 0 Å². The summed E-state index contributed by atoms with van der Waals surface area (Å²) in [5, 5.41) is 0. The van der Waals surface area contributed by atoms with Crippen molar-refractivity contribution in [1.29, 1.82) is 0 Å². The Kier molecular flexibility index (Phi) is 7.80. The number of likely N-dealkylation sites (tertiary alicyclic amines) is 1. The fraction of sp³-hybridized carbons (Fsp3) is 0.500. The molecule has 1 heterocycles. The standard InChI is InChI=1S/C16H24N2.ClH/c17-11-10-16-9-5-13-18(14-16)12-4-8-15-6-2-1-3-7-15;/h1-4,6-8,16H,5,9-14,17H2;1H/b8-4+;. The molecule has 0 aliphatic carbocycles. The maximum atomic E-state index is 5.65. The number of benzene rings is 1. The molecule has 0 spiro atoms. The molecule has 0 saturated carbocycles. The minimum absolute atomic E-state index is 0. The predicted molar refractivity (Wildman–Crippen MR) is 85.6 cm³/mol. The highest BCUT2D eigenvalue weighted by Crippen LogP contribution is 2.18. The van der Waals surface area contributed by atoms with Gasteiger partial charge in [-0.05, 0) is 43.8 Å². The molecular weight excluding hydrogens is 256 g/mol. The van der Waals surface area contributed by atoms with Crippen molar-refractivity contribution in [3.8, 4) is 0 Å². The summed E-state index contributed by atoms with van der Waals surface area (Å²) in [6, 6.07) is 10.5. The van der Waals surface area contributed by atoms with Gasteiger partial charge in [0.1, 0.15) is 0 Å². The second kappa shape index (κ2) is 9.13. The molecule has 0 aromatic heterocycles. The third-order valence-electron chi connectivity index (χ3n) is 3.65. The van der Waals surface area contributed by atoms with Crippen molar-refractivity contribution in [2.75, 3.05) is 26.2 Å². The van der Waals surface area contributed by atoms with E-state index in [4.69, 9.17) is 5.73 Å². The zero-order chi connectivity index (χ0) is 12.6. The van der Waals surface area contributed by atoms with Gasteiger partial charge >= 0.3 is 0 Å². The quantitative estimate of drug-likeness (QED) is 0.898. The number of rotatable bonds is 5. The van der Waals surface area contributed by atoms with Gasteiger partial charge in [-0.15, -0.1) is 12.4 Å². The first-order valence-electron chi connectivity index (χ1n) is 7.02. The third-order valence-corrected chi connectivity index (χ3v) is 3.65. The summed E-state index contributed by atoms with van der Waals surface area (Å²) in [6.07, 6.45) is 8.35. The van der Waals surface area contributed by atoms with E-state index in [1.807, 2.05) is 0 Å². The van der Waals surface area contributed by atoms with Crippen LogP contribution in [0.4, 0.5) is 0 Å². The lowest BCUT2D eigenvalue weighted by molar-refractivity contribution is 0.186. The van der Waals surface area contributed by atoms with Crippen molar-refractivity contribution in [3.63, 3.8) is 0 Å². The number of nitrogens with zero attached hydrogens (tertiary/aromatic N) is 1. The van der Waals surface area contributed by atoms with Crippen LogP contribution < -0.4 is 5.73 Å². The molecule has 0 amide bonds. The molecule has 106 valence electrons. The van der Waals surface area contributed by atoms with Gasteiger partial charge in [-0.3, -0.25) is 4.90 Å². The van der Waals surface area contributed by atoms with Crippen LogP contribution in [0.3, 0.4) is 0 Å². The fourth-order valence-corrected chi connectivity index (χ4v) is 2.69. The van der Waals surface area contributed by atoms with E-state index in [0.717, 1.165) is 19.0 Å². The third kappa shape index (κ3) is 5.77. The second-order valence-corrected chi connectivity index (χ2v) is 5.16. The smallest absolute Gasteiger partial charge is 0.0166 e. The lowest BCUT2D eigenvalue weighted by Gasteiger charge is -2.31. The second-order valence-electron chi connectivity index (χ2n) is 5.16. The van der Waals surface area contributed by atoms with E-state index in [9.17, 15) is 0 Å². The number of piperidine rings is 1. The summed E-state index contributed by atoms with van der Waals surface area (Å²) in [4.78, 5) is 2.54. The van der Waals surface area contributed by atoms with E-state index in [-0.39, 0.29) is 12.4 Å². The molecule has 1 aromatic carbocycles. The molecule has 1 aliphatic heterocycles. The summed E-state index contributed by atoms with van der Waals surface area (Å²) in [5.41, 5.74) is 6.93. The van der Waals surface area contributed by atoms with E-state index in [1.165, 1.54) is 37.9 Å². The number of hydrogen-bond donors (Lipinski definition) is 1. The lowest BCUT2D eigenvalue weighted by Crippen LogP contribution is -2.36. The Bertz CT molecular complexity index is 362. The van der Waals surface area contributed by atoms with Crippen LogP contribution in [0.5, 0.6) is 0 Å². The Balaban J connectivity index is 0.00000180. The van der Waals surface area contributed by atoms with E-state index in [2.05, 4.69) is 47.4 Å². The van der Waals surface area contributed by atoms with Gasteiger partial charge in [-0.1, -0.05) is 42.5 Å². The fourth-order valence-electron chi connectivity index (χ4n) is 2.69. The summed E-state index contributed by atoms with van der Waals surface area (Å²) < 4.78 is 0. The summed E-state index contributed by atoms with van der Waals surface area (Å²) in [5.74, 6) is 0.814.